The average molecular weight is 496 g/mol. The lowest BCUT2D eigenvalue weighted by atomic mass is 9.96. The standard InChI is InChI=1S/C24H32F3N5O3/c1-16(21-29-20(30-35-21)17-7-5-8-18(15-17)24(25,26)27)31-11-13-32(14-12-31)19(33)9-6-10-28-22(34)23(2,3)4/h5,7-8,15-16H,6,9-14H2,1-4H3,(H,28,34). The molecule has 1 atom stereocenters. The Kier molecular flexibility index (Phi) is 8.19. The molecule has 0 saturated carbocycles. The first-order chi connectivity index (χ1) is 16.4. The summed E-state index contributed by atoms with van der Waals surface area (Å²) < 4.78 is 44.3. The van der Waals surface area contributed by atoms with Gasteiger partial charge in [-0.1, -0.05) is 38.1 Å². The monoisotopic (exact) mass is 495 g/mol. The number of hydrogen-bond donors (Lipinski definition) is 1. The highest BCUT2D eigenvalue weighted by Crippen LogP contribution is 2.32. The number of hydrogen-bond acceptors (Lipinski definition) is 6. The first kappa shape index (κ1) is 26.7. The SMILES string of the molecule is CC(c1nc(-c2cccc(C(F)(F)F)c2)no1)N1CCN(C(=O)CCCNC(=O)C(C)(C)C)CC1. The van der Waals surface area contributed by atoms with Gasteiger partial charge in [0.2, 0.25) is 23.5 Å². The van der Waals surface area contributed by atoms with Crippen LogP contribution in [0.5, 0.6) is 0 Å². The molecule has 2 amide bonds. The molecule has 1 aliphatic rings. The molecular formula is C24H32F3N5O3. The Morgan fingerprint density at radius 2 is 1.83 bits per heavy atom. The first-order valence-corrected chi connectivity index (χ1v) is 11.7. The number of aromatic nitrogens is 2. The van der Waals surface area contributed by atoms with E-state index in [0.29, 0.717) is 51.5 Å². The van der Waals surface area contributed by atoms with Crippen LogP contribution in [0.2, 0.25) is 0 Å². The number of carbonyl (C=O) groups excluding carboxylic acids is 2. The summed E-state index contributed by atoms with van der Waals surface area (Å²) in [6.45, 7) is 10.2. The van der Waals surface area contributed by atoms with Gasteiger partial charge in [-0.15, -0.1) is 0 Å². The molecule has 1 aromatic carbocycles. The predicted octanol–water partition coefficient (Wildman–Crippen LogP) is 3.90. The molecule has 0 radical (unpaired) electrons. The molecule has 192 valence electrons. The van der Waals surface area contributed by atoms with Gasteiger partial charge in [0.05, 0.1) is 11.6 Å². The van der Waals surface area contributed by atoms with Crippen molar-refractivity contribution >= 4 is 11.8 Å². The Balaban J connectivity index is 1.48. The molecule has 0 aliphatic carbocycles. The number of piperazine rings is 1. The van der Waals surface area contributed by atoms with E-state index < -0.39 is 17.2 Å². The molecule has 2 aromatic rings. The van der Waals surface area contributed by atoms with Crippen LogP contribution >= 0.6 is 0 Å². The number of rotatable bonds is 7. The lowest BCUT2D eigenvalue weighted by Crippen LogP contribution is -2.49. The topological polar surface area (TPSA) is 91.6 Å². The summed E-state index contributed by atoms with van der Waals surface area (Å²) in [6, 6.07) is 4.57. The van der Waals surface area contributed by atoms with Crippen LogP contribution in [0.3, 0.4) is 0 Å². The van der Waals surface area contributed by atoms with Crippen LogP contribution in [0.4, 0.5) is 13.2 Å². The van der Waals surface area contributed by atoms with Crippen molar-refractivity contribution < 1.29 is 27.3 Å². The van der Waals surface area contributed by atoms with Crippen LogP contribution in [0, 0.1) is 5.41 Å². The van der Waals surface area contributed by atoms with Gasteiger partial charge >= 0.3 is 6.18 Å². The maximum Gasteiger partial charge on any atom is 0.416 e. The quantitative estimate of drug-likeness (QED) is 0.586. The normalized spacial score (nSPS) is 16.3. The van der Waals surface area contributed by atoms with Crippen LogP contribution in [-0.2, 0) is 15.8 Å². The zero-order valence-corrected chi connectivity index (χ0v) is 20.5. The third-order valence-electron chi connectivity index (χ3n) is 6.00. The minimum atomic E-state index is -4.45. The molecule has 0 bridgehead atoms. The fourth-order valence-corrected chi connectivity index (χ4v) is 3.74. The number of nitrogens with one attached hydrogen (secondary N) is 1. The predicted molar refractivity (Wildman–Crippen MR) is 123 cm³/mol. The first-order valence-electron chi connectivity index (χ1n) is 11.7. The molecule has 1 aliphatic heterocycles. The van der Waals surface area contributed by atoms with Crippen molar-refractivity contribution in [1.82, 2.24) is 25.3 Å². The Labute approximate surface area is 202 Å². The zero-order valence-electron chi connectivity index (χ0n) is 20.5. The highest BCUT2D eigenvalue weighted by atomic mass is 19.4. The summed E-state index contributed by atoms with van der Waals surface area (Å²) >= 11 is 0. The summed E-state index contributed by atoms with van der Waals surface area (Å²) in [4.78, 5) is 32.6. The second-order valence-electron chi connectivity index (χ2n) is 9.74. The van der Waals surface area contributed by atoms with Crippen molar-refractivity contribution in [1.29, 1.82) is 0 Å². The smallest absolute Gasteiger partial charge is 0.356 e. The highest BCUT2D eigenvalue weighted by Gasteiger charge is 2.31. The van der Waals surface area contributed by atoms with E-state index in [-0.39, 0.29) is 29.2 Å². The van der Waals surface area contributed by atoms with E-state index in [1.165, 1.54) is 12.1 Å². The fraction of sp³-hybridized carbons (Fsp3) is 0.583. The molecule has 1 N–H and O–H groups in total. The van der Waals surface area contributed by atoms with E-state index in [2.05, 4.69) is 20.4 Å². The molecule has 35 heavy (non-hydrogen) atoms. The van der Waals surface area contributed by atoms with E-state index in [4.69, 9.17) is 4.52 Å². The number of halogens is 3. The van der Waals surface area contributed by atoms with Gasteiger partial charge in [-0.2, -0.15) is 18.2 Å². The lowest BCUT2D eigenvalue weighted by Gasteiger charge is -2.36. The van der Waals surface area contributed by atoms with E-state index in [9.17, 15) is 22.8 Å². The van der Waals surface area contributed by atoms with Gasteiger partial charge in [-0.05, 0) is 25.5 Å². The number of nitrogens with zero attached hydrogens (tertiary/aromatic N) is 4. The minimum absolute atomic E-state index is 0.0372. The molecule has 1 unspecified atom stereocenters. The van der Waals surface area contributed by atoms with E-state index >= 15 is 0 Å². The number of carbonyl (C=O) groups is 2. The van der Waals surface area contributed by atoms with Gasteiger partial charge in [0.1, 0.15) is 0 Å². The zero-order chi connectivity index (χ0) is 25.8. The van der Waals surface area contributed by atoms with Gasteiger partial charge in [0.25, 0.3) is 0 Å². The van der Waals surface area contributed by atoms with Gasteiger partial charge in [0, 0.05) is 50.1 Å². The summed E-state index contributed by atoms with van der Waals surface area (Å²) in [5.74, 6) is 0.425. The van der Waals surface area contributed by atoms with E-state index in [0.717, 1.165) is 12.1 Å². The van der Waals surface area contributed by atoms with Crippen molar-refractivity contribution in [3.8, 4) is 11.4 Å². The minimum Gasteiger partial charge on any atom is -0.356 e. The summed E-state index contributed by atoms with van der Waals surface area (Å²) in [5, 5.41) is 6.71. The second-order valence-corrected chi connectivity index (χ2v) is 9.74. The highest BCUT2D eigenvalue weighted by molar-refractivity contribution is 5.81. The van der Waals surface area contributed by atoms with Crippen molar-refractivity contribution in [3.63, 3.8) is 0 Å². The summed E-state index contributed by atoms with van der Waals surface area (Å²) in [6.07, 6.45) is -3.51. The number of benzene rings is 1. The van der Waals surface area contributed by atoms with Gasteiger partial charge in [-0.25, -0.2) is 0 Å². The Hall–Kier alpha value is -2.95. The lowest BCUT2D eigenvalue weighted by molar-refractivity contribution is -0.137. The third-order valence-corrected chi connectivity index (χ3v) is 6.00. The Bertz CT molecular complexity index is 1020. The largest absolute Gasteiger partial charge is 0.416 e. The van der Waals surface area contributed by atoms with E-state index in [1.54, 1.807) is 4.90 Å². The van der Waals surface area contributed by atoms with Crippen molar-refractivity contribution in [2.24, 2.45) is 5.41 Å². The van der Waals surface area contributed by atoms with Gasteiger partial charge < -0.3 is 14.7 Å². The molecule has 2 heterocycles. The number of alkyl halides is 3. The van der Waals surface area contributed by atoms with Crippen LogP contribution in [0.25, 0.3) is 11.4 Å². The molecular weight excluding hydrogens is 463 g/mol. The van der Waals surface area contributed by atoms with Gasteiger partial charge in [0.15, 0.2) is 0 Å². The van der Waals surface area contributed by atoms with Gasteiger partial charge in [-0.3, -0.25) is 14.5 Å². The summed E-state index contributed by atoms with van der Waals surface area (Å²) in [7, 11) is 0. The van der Waals surface area contributed by atoms with Crippen molar-refractivity contribution in [2.75, 3.05) is 32.7 Å². The Morgan fingerprint density at radius 1 is 1.14 bits per heavy atom. The van der Waals surface area contributed by atoms with Crippen LogP contribution in [-0.4, -0.2) is 64.5 Å². The molecule has 0 spiro atoms. The van der Waals surface area contributed by atoms with Crippen molar-refractivity contribution in [3.05, 3.63) is 35.7 Å². The molecule has 1 aromatic heterocycles. The Morgan fingerprint density at radius 3 is 2.46 bits per heavy atom. The van der Waals surface area contributed by atoms with Crippen LogP contribution < -0.4 is 5.32 Å². The molecule has 11 heteroatoms. The number of amides is 2. The van der Waals surface area contributed by atoms with Crippen molar-refractivity contribution in [2.45, 2.75) is 52.8 Å². The average Bonchev–Trinajstić information content (AvgIpc) is 3.30. The maximum absolute atomic E-state index is 13.0. The molecule has 3 rings (SSSR count). The van der Waals surface area contributed by atoms with Crippen LogP contribution in [0.1, 0.15) is 58.0 Å². The fourth-order valence-electron chi connectivity index (χ4n) is 3.74. The van der Waals surface area contributed by atoms with E-state index in [1.807, 2.05) is 27.7 Å². The molecule has 1 fully saturated rings. The molecule has 1 saturated heterocycles. The van der Waals surface area contributed by atoms with Crippen LogP contribution in [0.15, 0.2) is 28.8 Å². The maximum atomic E-state index is 13.0. The third kappa shape index (κ3) is 7.03. The molecule has 8 nitrogen and oxygen atoms in total. The second kappa shape index (κ2) is 10.8. The summed E-state index contributed by atoms with van der Waals surface area (Å²) in [5.41, 5.74) is -0.994.